The molecule has 9 rings (SSSR count). The number of rotatable bonds is 3. The van der Waals surface area contributed by atoms with E-state index >= 15 is 0 Å². The maximum Gasteiger partial charge on any atom is 0.136 e. The van der Waals surface area contributed by atoms with Gasteiger partial charge in [-0.25, -0.2) is 0 Å². The molecule has 0 amide bonds. The molecule has 0 N–H and O–H groups in total. The van der Waals surface area contributed by atoms with E-state index < -0.39 is 0 Å². The minimum absolute atomic E-state index is 0.913. The van der Waals surface area contributed by atoms with Crippen LogP contribution >= 0.6 is 0 Å². The topological polar surface area (TPSA) is 13.1 Å². The second-order valence-electron chi connectivity index (χ2n) is 11.2. The van der Waals surface area contributed by atoms with Crippen molar-refractivity contribution >= 4 is 54.3 Å². The third-order valence-corrected chi connectivity index (χ3v) is 8.87. The molecule has 0 fully saturated rings. The van der Waals surface area contributed by atoms with Crippen LogP contribution < -0.4 is 0 Å². The fourth-order valence-electron chi connectivity index (χ4n) is 7.07. The van der Waals surface area contributed by atoms with E-state index in [1.165, 1.54) is 65.7 Å². The fourth-order valence-corrected chi connectivity index (χ4v) is 7.07. The number of para-hydroxylation sites is 1. The molecule has 200 valence electrons. The van der Waals surface area contributed by atoms with Crippen LogP contribution in [-0.2, 0) is 0 Å². The quantitative estimate of drug-likeness (QED) is 0.201. The van der Waals surface area contributed by atoms with Gasteiger partial charge in [0.05, 0.1) is 0 Å². The Morgan fingerprint density at radius 2 is 0.860 bits per heavy atom. The monoisotopic (exact) mass is 546 g/mol. The van der Waals surface area contributed by atoms with Crippen LogP contribution in [0.5, 0.6) is 0 Å². The summed E-state index contributed by atoms with van der Waals surface area (Å²) in [4.78, 5) is 0. The van der Waals surface area contributed by atoms with Gasteiger partial charge in [0.15, 0.2) is 0 Å². The summed E-state index contributed by atoms with van der Waals surface area (Å²) in [5.74, 6) is 0. The molecule has 0 saturated carbocycles. The zero-order chi connectivity index (χ0) is 28.3. The Morgan fingerprint density at radius 3 is 1.58 bits per heavy atom. The summed E-state index contributed by atoms with van der Waals surface area (Å²) in [5, 5.41) is 9.77. The van der Waals surface area contributed by atoms with Crippen LogP contribution in [-0.4, -0.2) is 0 Å². The van der Waals surface area contributed by atoms with Crippen LogP contribution in [0.4, 0.5) is 0 Å². The highest BCUT2D eigenvalue weighted by molar-refractivity contribution is 6.28. The van der Waals surface area contributed by atoms with E-state index in [1.807, 2.05) is 6.07 Å². The first-order chi connectivity index (χ1) is 21.4. The van der Waals surface area contributed by atoms with Crippen LogP contribution in [0, 0.1) is 0 Å². The SMILES string of the molecule is c1ccc(-c2ccc3ccccc3c2-c2c3ccccc3c(-c3cccc4oc5ccccc5c34)c3ccccc23)cc1. The second kappa shape index (κ2) is 9.44. The number of fused-ring (bicyclic) bond motifs is 6. The molecule has 0 aliphatic rings. The van der Waals surface area contributed by atoms with Crippen molar-refractivity contribution in [2.45, 2.75) is 0 Å². The summed E-state index contributed by atoms with van der Waals surface area (Å²) in [6.45, 7) is 0. The Morgan fingerprint density at radius 1 is 0.302 bits per heavy atom. The summed E-state index contributed by atoms with van der Waals surface area (Å²) in [7, 11) is 0. The van der Waals surface area contributed by atoms with Crippen molar-refractivity contribution < 1.29 is 4.42 Å². The van der Waals surface area contributed by atoms with E-state index in [4.69, 9.17) is 4.42 Å². The lowest BCUT2D eigenvalue weighted by atomic mass is 9.81. The Hall–Kier alpha value is -5.66. The summed E-state index contributed by atoms with van der Waals surface area (Å²) in [5.41, 5.74) is 9.27. The first kappa shape index (κ1) is 24.0. The highest BCUT2D eigenvalue weighted by Gasteiger charge is 2.22. The lowest BCUT2D eigenvalue weighted by molar-refractivity contribution is 0.669. The van der Waals surface area contributed by atoms with Gasteiger partial charge in [0.2, 0.25) is 0 Å². The molecule has 1 heteroatoms. The smallest absolute Gasteiger partial charge is 0.136 e. The average Bonchev–Trinajstić information content (AvgIpc) is 3.46. The van der Waals surface area contributed by atoms with Crippen molar-refractivity contribution in [3.05, 3.63) is 158 Å². The van der Waals surface area contributed by atoms with Gasteiger partial charge in [-0.3, -0.25) is 0 Å². The fraction of sp³-hybridized carbons (Fsp3) is 0. The molecule has 0 aliphatic heterocycles. The lowest BCUT2D eigenvalue weighted by Gasteiger charge is -2.21. The minimum atomic E-state index is 0.913. The average molecular weight is 547 g/mol. The summed E-state index contributed by atoms with van der Waals surface area (Å²) in [6.07, 6.45) is 0. The first-order valence-electron chi connectivity index (χ1n) is 14.8. The number of furan rings is 1. The van der Waals surface area contributed by atoms with E-state index in [9.17, 15) is 0 Å². The van der Waals surface area contributed by atoms with Gasteiger partial charge in [-0.1, -0.05) is 146 Å². The van der Waals surface area contributed by atoms with Gasteiger partial charge in [0, 0.05) is 10.8 Å². The molecule has 1 heterocycles. The Bertz CT molecular complexity index is 2440. The number of benzene rings is 8. The molecule has 0 atom stereocenters. The van der Waals surface area contributed by atoms with Gasteiger partial charge >= 0.3 is 0 Å². The van der Waals surface area contributed by atoms with Gasteiger partial charge in [-0.15, -0.1) is 0 Å². The molecule has 1 nitrogen and oxygen atoms in total. The van der Waals surface area contributed by atoms with Gasteiger partial charge in [-0.2, -0.15) is 0 Å². The van der Waals surface area contributed by atoms with E-state index in [0.29, 0.717) is 0 Å². The number of hydrogen-bond acceptors (Lipinski definition) is 1. The molecule has 0 radical (unpaired) electrons. The van der Waals surface area contributed by atoms with Crippen LogP contribution in [0.25, 0.3) is 87.6 Å². The normalized spacial score (nSPS) is 11.7. The third-order valence-electron chi connectivity index (χ3n) is 8.87. The van der Waals surface area contributed by atoms with Crippen LogP contribution in [0.2, 0.25) is 0 Å². The maximum absolute atomic E-state index is 6.34. The lowest BCUT2D eigenvalue weighted by Crippen LogP contribution is -1.94. The van der Waals surface area contributed by atoms with Crippen LogP contribution in [0.3, 0.4) is 0 Å². The van der Waals surface area contributed by atoms with Crippen molar-refractivity contribution in [3.63, 3.8) is 0 Å². The molecule has 0 saturated heterocycles. The third kappa shape index (κ3) is 3.58. The van der Waals surface area contributed by atoms with E-state index in [2.05, 4.69) is 152 Å². The molecule has 0 unspecified atom stereocenters. The molecular formula is C42H26O. The molecule has 9 aromatic rings. The highest BCUT2D eigenvalue weighted by Crippen LogP contribution is 2.49. The first-order valence-corrected chi connectivity index (χ1v) is 14.8. The van der Waals surface area contributed by atoms with Crippen molar-refractivity contribution in [2.75, 3.05) is 0 Å². The second-order valence-corrected chi connectivity index (χ2v) is 11.2. The standard InChI is InChI=1S/C42H26O/c1-2-13-27(14-3-1)30-26-25-28-15-4-5-16-29(28)41(30)42-33-19-8-6-17-31(33)39(32-18-7-9-20-34(32)42)36-22-12-24-38-40(36)35-21-10-11-23-37(35)43-38/h1-26H. The van der Waals surface area contributed by atoms with Crippen LogP contribution in [0.15, 0.2) is 162 Å². The van der Waals surface area contributed by atoms with Crippen molar-refractivity contribution in [1.82, 2.24) is 0 Å². The Labute approximate surface area is 249 Å². The van der Waals surface area contributed by atoms with E-state index in [1.54, 1.807) is 0 Å². The van der Waals surface area contributed by atoms with E-state index in [0.717, 1.165) is 21.9 Å². The van der Waals surface area contributed by atoms with Gasteiger partial charge in [-0.05, 0) is 77.8 Å². The summed E-state index contributed by atoms with van der Waals surface area (Å²) in [6, 6.07) is 56.8. The Balaban J connectivity index is 1.49. The van der Waals surface area contributed by atoms with Gasteiger partial charge < -0.3 is 4.42 Å². The Kier molecular flexibility index (Phi) is 5.27. The largest absolute Gasteiger partial charge is 0.456 e. The van der Waals surface area contributed by atoms with Gasteiger partial charge in [0.25, 0.3) is 0 Å². The molecule has 43 heavy (non-hydrogen) atoms. The maximum atomic E-state index is 6.34. The molecular weight excluding hydrogens is 520 g/mol. The summed E-state index contributed by atoms with van der Waals surface area (Å²) < 4.78 is 6.34. The minimum Gasteiger partial charge on any atom is -0.456 e. The van der Waals surface area contributed by atoms with E-state index in [-0.39, 0.29) is 0 Å². The zero-order valence-electron chi connectivity index (χ0n) is 23.4. The summed E-state index contributed by atoms with van der Waals surface area (Å²) >= 11 is 0. The van der Waals surface area contributed by atoms with Crippen molar-refractivity contribution in [1.29, 1.82) is 0 Å². The zero-order valence-corrected chi connectivity index (χ0v) is 23.4. The van der Waals surface area contributed by atoms with Crippen LogP contribution in [0.1, 0.15) is 0 Å². The number of hydrogen-bond donors (Lipinski definition) is 0. The van der Waals surface area contributed by atoms with Crippen molar-refractivity contribution in [3.8, 4) is 33.4 Å². The van der Waals surface area contributed by atoms with Crippen molar-refractivity contribution in [2.24, 2.45) is 0 Å². The molecule has 0 bridgehead atoms. The predicted octanol–water partition coefficient (Wildman–Crippen LogP) is 12.0. The van der Waals surface area contributed by atoms with Gasteiger partial charge in [0.1, 0.15) is 11.2 Å². The predicted molar refractivity (Wildman–Crippen MR) is 183 cm³/mol. The molecule has 1 aromatic heterocycles. The molecule has 8 aromatic carbocycles. The highest BCUT2D eigenvalue weighted by atomic mass is 16.3. The molecule has 0 spiro atoms. The molecule has 0 aliphatic carbocycles.